The maximum Gasteiger partial charge on any atom is 0.235 e. The molecule has 1 N–H and O–H groups in total. The highest BCUT2D eigenvalue weighted by Gasteiger charge is 2.45. The van der Waals surface area contributed by atoms with Gasteiger partial charge in [-0.1, -0.05) is 26.0 Å². The number of allylic oxidation sites excluding steroid dienone is 2. The van der Waals surface area contributed by atoms with E-state index in [-0.39, 0.29) is 23.0 Å². The van der Waals surface area contributed by atoms with Crippen LogP contribution in [0.25, 0.3) is 0 Å². The number of hydrogen-bond acceptors (Lipinski definition) is 5. The highest BCUT2D eigenvalue weighted by Crippen LogP contribution is 2.48. The van der Waals surface area contributed by atoms with Crippen molar-refractivity contribution in [1.82, 2.24) is 4.98 Å². The summed E-state index contributed by atoms with van der Waals surface area (Å²) in [5.74, 6) is -0.372. The number of carbonyl (C=O) groups is 2. The number of amides is 1. The second-order valence-electron chi connectivity index (χ2n) is 8.68. The first kappa shape index (κ1) is 19.7. The molecule has 150 valence electrons. The highest BCUT2D eigenvalue weighted by molar-refractivity contribution is 7.10. The van der Waals surface area contributed by atoms with Crippen molar-refractivity contribution in [3.8, 4) is 0 Å². The van der Waals surface area contributed by atoms with Crippen molar-refractivity contribution >= 4 is 34.6 Å². The van der Waals surface area contributed by atoms with E-state index in [1.807, 2.05) is 43.5 Å². The molecule has 1 aliphatic carbocycles. The molecule has 1 amide bonds. The molecule has 4 rings (SSSR count). The summed E-state index contributed by atoms with van der Waals surface area (Å²) in [6, 6.07) is 9.51. The van der Waals surface area contributed by atoms with Gasteiger partial charge in [0.15, 0.2) is 5.78 Å². The average Bonchev–Trinajstić information content (AvgIpc) is 3.13. The number of Topliss-reactive ketones (excluding diaryl/α,β-unsaturated/α-hetero) is 1. The second-order valence-corrected chi connectivity index (χ2v) is 9.66. The Bertz CT molecular complexity index is 1030. The average molecular weight is 408 g/mol. The molecule has 0 saturated heterocycles. The monoisotopic (exact) mass is 407 g/mol. The molecule has 0 aromatic carbocycles. The predicted octanol–water partition coefficient (Wildman–Crippen LogP) is 4.91. The summed E-state index contributed by atoms with van der Waals surface area (Å²) in [5, 5.41) is 4.93. The normalized spacial score (nSPS) is 23.4. The number of aromatic nitrogens is 1. The van der Waals surface area contributed by atoms with E-state index in [9.17, 15) is 9.59 Å². The van der Waals surface area contributed by atoms with E-state index in [2.05, 4.69) is 24.1 Å². The minimum absolute atomic E-state index is 0.109. The van der Waals surface area contributed by atoms with Crippen LogP contribution in [0.1, 0.15) is 50.1 Å². The Morgan fingerprint density at radius 1 is 1.17 bits per heavy atom. The van der Waals surface area contributed by atoms with Gasteiger partial charge in [0, 0.05) is 39.9 Å². The van der Waals surface area contributed by atoms with Crippen LogP contribution in [0.2, 0.25) is 0 Å². The molecule has 2 aromatic heterocycles. The van der Waals surface area contributed by atoms with E-state index >= 15 is 0 Å². The predicted molar refractivity (Wildman–Crippen MR) is 116 cm³/mol. The molecular formula is C23H25N3O2S. The Kier molecular flexibility index (Phi) is 4.99. The van der Waals surface area contributed by atoms with Crippen molar-refractivity contribution in [2.45, 2.75) is 46.5 Å². The topological polar surface area (TPSA) is 71.4 Å². The maximum atomic E-state index is 13.3. The van der Waals surface area contributed by atoms with Crippen LogP contribution in [-0.4, -0.2) is 22.4 Å². The first-order chi connectivity index (χ1) is 13.7. The van der Waals surface area contributed by atoms with Crippen LogP contribution in [0.15, 0.2) is 52.0 Å². The zero-order valence-corrected chi connectivity index (χ0v) is 18.0. The fraction of sp³-hybridized carbons (Fsp3) is 0.391. The first-order valence-corrected chi connectivity index (χ1v) is 10.7. The number of carbonyl (C=O) groups excluding carboxylic acids is 2. The summed E-state index contributed by atoms with van der Waals surface area (Å²) >= 11 is 1.58. The molecule has 0 spiro atoms. The molecule has 2 atom stereocenters. The summed E-state index contributed by atoms with van der Waals surface area (Å²) in [5.41, 5.74) is 3.04. The lowest BCUT2D eigenvalue weighted by molar-refractivity contribution is -0.119. The number of aliphatic imine (C=N–C) groups is 1. The minimum atomic E-state index is -0.528. The van der Waals surface area contributed by atoms with Crippen molar-refractivity contribution in [3.05, 3.63) is 57.6 Å². The molecule has 5 nitrogen and oxygen atoms in total. The Morgan fingerprint density at radius 3 is 2.66 bits per heavy atom. The molecule has 1 unspecified atom stereocenters. The molecule has 6 heteroatoms. The molecule has 2 aliphatic rings. The number of hydrogen-bond donors (Lipinski definition) is 1. The van der Waals surface area contributed by atoms with E-state index in [0.29, 0.717) is 12.2 Å². The van der Waals surface area contributed by atoms with Crippen LogP contribution >= 0.6 is 11.3 Å². The Morgan fingerprint density at radius 2 is 1.97 bits per heavy atom. The number of pyridine rings is 1. The van der Waals surface area contributed by atoms with Gasteiger partial charge in [-0.25, -0.2) is 4.98 Å². The molecule has 0 fully saturated rings. The molecule has 0 bridgehead atoms. The van der Waals surface area contributed by atoms with E-state index in [0.717, 1.165) is 34.0 Å². The number of nitrogens with one attached hydrogen (secondary N) is 1. The van der Waals surface area contributed by atoms with Crippen LogP contribution in [0.3, 0.4) is 0 Å². The summed E-state index contributed by atoms with van der Waals surface area (Å²) in [6.45, 7) is 7.98. The smallest absolute Gasteiger partial charge is 0.235 e. The Hall–Kier alpha value is -2.60. The van der Waals surface area contributed by atoms with Crippen molar-refractivity contribution < 1.29 is 9.59 Å². The Balaban J connectivity index is 1.76. The summed E-state index contributed by atoms with van der Waals surface area (Å²) in [4.78, 5) is 36.7. The summed E-state index contributed by atoms with van der Waals surface area (Å²) < 4.78 is 0. The number of nitrogens with zero attached hydrogens (tertiary/aromatic N) is 2. The van der Waals surface area contributed by atoms with Gasteiger partial charge >= 0.3 is 0 Å². The third kappa shape index (κ3) is 3.81. The fourth-order valence-electron chi connectivity index (χ4n) is 4.38. The van der Waals surface area contributed by atoms with Crippen LogP contribution in [0.4, 0.5) is 5.82 Å². The highest BCUT2D eigenvalue weighted by atomic mass is 32.1. The molecule has 3 heterocycles. The molecular weight excluding hydrogens is 382 g/mol. The van der Waals surface area contributed by atoms with Crippen molar-refractivity contribution in [1.29, 1.82) is 0 Å². The van der Waals surface area contributed by atoms with Gasteiger partial charge in [-0.05, 0) is 49.3 Å². The lowest BCUT2D eigenvalue weighted by Gasteiger charge is -2.38. The van der Waals surface area contributed by atoms with Crippen LogP contribution in [0, 0.1) is 18.3 Å². The number of anilines is 1. The van der Waals surface area contributed by atoms with Crippen molar-refractivity contribution in [2.24, 2.45) is 16.3 Å². The number of thiophene rings is 1. The number of aryl methyl sites for hydroxylation is 1. The third-order valence-corrected chi connectivity index (χ3v) is 6.53. The van der Waals surface area contributed by atoms with Gasteiger partial charge in [0.05, 0.1) is 5.92 Å². The van der Waals surface area contributed by atoms with Gasteiger partial charge in [-0.2, -0.15) is 0 Å². The zero-order valence-electron chi connectivity index (χ0n) is 17.2. The molecule has 29 heavy (non-hydrogen) atoms. The standard InChI is InChI=1S/C23H25N3O2S/c1-13-7-5-9-18(24-13)26-22(28)19-14(2)25-15-11-23(3,4)12-16(27)20(15)21(19)17-8-6-10-29-17/h5-10,19,21H,11-12H2,1-4H3,(H,24,26,28)/t19?,21-/m1/s1. The largest absolute Gasteiger partial charge is 0.310 e. The molecule has 0 saturated carbocycles. The van der Waals surface area contributed by atoms with Gasteiger partial charge in [-0.3, -0.25) is 14.6 Å². The minimum Gasteiger partial charge on any atom is -0.310 e. The lowest BCUT2D eigenvalue weighted by Crippen LogP contribution is -2.40. The lowest BCUT2D eigenvalue weighted by atomic mass is 9.68. The Labute approximate surface area is 175 Å². The quantitative estimate of drug-likeness (QED) is 0.786. The van der Waals surface area contributed by atoms with Crippen molar-refractivity contribution in [2.75, 3.05) is 5.32 Å². The summed E-state index contributed by atoms with van der Waals surface area (Å²) in [7, 11) is 0. The van der Waals surface area contributed by atoms with Crippen LogP contribution < -0.4 is 5.32 Å². The van der Waals surface area contributed by atoms with E-state index in [1.54, 1.807) is 17.4 Å². The van der Waals surface area contributed by atoms with Gasteiger partial charge < -0.3 is 5.32 Å². The SMILES string of the molecule is CC1=NC2=C(C(=O)CC(C)(C)C2)[C@H](c2cccs2)C1C(=O)Nc1cccc(C)n1. The van der Waals surface area contributed by atoms with E-state index < -0.39 is 5.92 Å². The third-order valence-electron chi connectivity index (χ3n) is 5.57. The molecule has 2 aromatic rings. The van der Waals surface area contributed by atoms with E-state index in [1.165, 1.54) is 0 Å². The van der Waals surface area contributed by atoms with Crippen LogP contribution in [-0.2, 0) is 9.59 Å². The van der Waals surface area contributed by atoms with Gasteiger partial charge in [-0.15, -0.1) is 11.3 Å². The maximum absolute atomic E-state index is 13.3. The van der Waals surface area contributed by atoms with E-state index in [4.69, 9.17) is 4.99 Å². The number of ketones is 1. The molecule has 1 aliphatic heterocycles. The molecule has 0 radical (unpaired) electrons. The number of rotatable bonds is 3. The fourth-order valence-corrected chi connectivity index (χ4v) is 5.25. The summed E-state index contributed by atoms with van der Waals surface area (Å²) in [6.07, 6.45) is 1.23. The zero-order chi connectivity index (χ0) is 20.8. The van der Waals surface area contributed by atoms with Crippen LogP contribution in [0.5, 0.6) is 0 Å². The van der Waals surface area contributed by atoms with Gasteiger partial charge in [0.1, 0.15) is 5.82 Å². The van der Waals surface area contributed by atoms with Gasteiger partial charge in [0.25, 0.3) is 0 Å². The van der Waals surface area contributed by atoms with Crippen molar-refractivity contribution in [3.63, 3.8) is 0 Å². The van der Waals surface area contributed by atoms with Gasteiger partial charge in [0.2, 0.25) is 5.91 Å². The second kappa shape index (κ2) is 7.34. The first-order valence-electron chi connectivity index (χ1n) is 9.84.